The molecule has 0 radical (unpaired) electrons. The minimum absolute atomic E-state index is 0.0349. The minimum Gasteiger partial charge on any atom is -0.376 e. The number of aromatic nitrogens is 2. The number of allylic oxidation sites excluding steroid dienone is 1. The summed E-state index contributed by atoms with van der Waals surface area (Å²) < 4.78 is 11.6. The summed E-state index contributed by atoms with van der Waals surface area (Å²) in [5.41, 5.74) is 5.84. The minimum atomic E-state index is -0.387. The van der Waals surface area contributed by atoms with Gasteiger partial charge >= 0.3 is 6.03 Å². The van der Waals surface area contributed by atoms with E-state index in [9.17, 15) is 4.79 Å². The maximum absolute atomic E-state index is 13.2. The number of ether oxygens (including phenoxy) is 1. The summed E-state index contributed by atoms with van der Waals surface area (Å²) in [4.78, 5) is 19.7. The molecule has 0 bridgehead atoms. The van der Waals surface area contributed by atoms with Gasteiger partial charge in [0.2, 0.25) is 5.82 Å². The molecular weight excluding hydrogens is 416 g/mol. The number of amides is 2. The van der Waals surface area contributed by atoms with E-state index >= 15 is 0 Å². The summed E-state index contributed by atoms with van der Waals surface area (Å²) in [6, 6.07) is 15.4. The van der Waals surface area contributed by atoms with Crippen LogP contribution in [0.15, 0.2) is 58.8 Å². The van der Waals surface area contributed by atoms with Crippen LogP contribution in [0.25, 0.3) is 17.0 Å². The third-order valence-electron chi connectivity index (χ3n) is 6.56. The smallest absolute Gasteiger partial charge is 0.322 e. The highest BCUT2D eigenvalue weighted by atomic mass is 16.5. The maximum Gasteiger partial charge on any atom is 0.322 e. The molecule has 1 fully saturated rings. The Morgan fingerprint density at radius 3 is 2.64 bits per heavy atom. The van der Waals surface area contributed by atoms with Crippen molar-refractivity contribution >= 4 is 11.6 Å². The Bertz CT molecular complexity index is 1200. The predicted molar refractivity (Wildman–Crippen MR) is 125 cm³/mol. The molecule has 0 spiro atoms. The second-order valence-electron chi connectivity index (χ2n) is 8.76. The molecule has 170 valence electrons. The topological polar surface area (TPSA) is 80.5 Å². The highest BCUT2D eigenvalue weighted by Gasteiger charge is 2.37. The van der Waals surface area contributed by atoms with Gasteiger partial charge in [-0.25, -0.2) is 4.79 Å². The Morgan fingerprint density at radius 2 is 1.91 bits per heavy atom. The van der Waals surface area contributed by atoms with E-state index in [1.807, 2.05) is 43.3 Å². The molecule has 2 atom stereocenters. The Kier molecular flexibility index (Phi) is 5.72. The van der Waals surface area contributed by atoms with E-state index in [2.05, 4.69) is 36.5 Å². The summed E-state index contributed by atoms with van der Waals surface area (Å²) in [5.74, 6) is 0.930. The zero-order chi connectivity index (χ0) is 22.9. The summed E-state index contributed by atoms with van der Waals surface area (Å²) in [5, 5.41) is 7.40. The fourth-order valence-electron chi connectivity index (χ4n) is 4.50. The van der Waals surface area contributed by atoms with Gasteiger partial charge in [-0.1, -0.05) is 53.7 Å². The lowest BCUT2D eigenvalue weighted by Gasteiger charge is -2.36. The van der Waals surface area contributed by atoms with Crippen LogP contribution in [-0.4, -0.2) is 40.3 Å². The Hall–Kier alpha value is -3.45. The summed E-state index contributed by atoms with van der Waals surface area (Å²) in [6.45, 7) is 7.34. The van der Waals surface area contributed by atoms with Crippen molar-refractivity contribution < 1.29 is 14.1 Å². The van der Waals surface area contributed by atoms with Gasteiger partial charge in [0.15, 0.2) is 0 Å². The van der Waals surface area contributed by atoms with Crippen LogP contribution in [0.3, 0.4) is 0 Å². The molecule has 2 aromatic carbocycles. The molecule has 33 heavy (non-hydrogen) atoms. The first-order valence-electron chi connectivity index (χ1n) is 11.4. The number of rotatable bonds is 5. The lowest BCUT2D eigenvalue weighted by molar-refractivity contribution is 0.0877. The van der Waals surface area contributed by atoms with Crippen LogP contribution in [0.4, 0.5) is 4.79 Å². The Morgan fingerprint density at radius 1 is 1.09 bits per heavy atom. The largest absolute Gasteiger partial charge is 0.376 e. The van der Waals surface area contributed by atoms with E-state index < -0.39 is 0 Å². The van der Waals surface area contributed by atoms with Gasteiger partial charge < -0.3 is 14.6 Å². The third kappa shape index (κ3) is 4.16. The number of benzene rings is 2. The first kappa shape index (κ1) is 21.4. The molecule has 7 nitrogen and oxygen atoms in total. The van der Waals surface area contributed by atoms with E-state index in [0.29, 0.717) is 18.3 Å². The van der Waals surface area contributed by atoms with Crippen LogP contribution >= 0.6 is 0 Å². The second-order valence-corrected chi connectivity index (χ2v) is 8.76. The molecular formula is C26H28N4O3. The van der Waals surface area contributed by atoms with Crippen molar-refractivity contribution in [3.63, 3.8) is 0 Å². The van der Waals surface area contributed by atoms with Crippen LogP contribution in [-0.2, 0) is 4.74 Å². The van der Waals surface area contributed by atoms with Crippen molar-refractivity contribution in [2.45, 2.75) is 45.8 Å². The fraction of sp³-hybridized carbons (Fsp3) is 0.346. The van der Waals surface area contributed by atoms with Crippen molar-refractivity contribution in [1.82, 2.24) is 20.4 Å². The Labute approximate surface area is 193 Å². The summed E-state index contributed by atoms with van der Waals surface area (Å²) in [7, 11) is 0. The van der Waals surface area contributed by atoms with Crippen LogP contribution in [0.5, 0.6) is 0 Å². The van der Waals surface area contributed by atoms with Gasteiger partial charge in [0.1, 0.15) is 0 Å². The molecule has 3 aromatic rings. The number of carbonyl (C=O) groups excluding carboxylic acids is 1. The SMILES string of the molecule is CC1=C(c2nc(-c3ccccc3)no2)C(c2ccc(C)c(C)c2)NC(=O)N1CC1CCCO1. The first-order valence-corrected chi connectivity index (χ1v) is 11.4. The normalized spacial score (nSPS) is 20.9. The van der Waals surface area contributed by atoms with Gasteiger partial charge in [-0.15, -0.1) is 0 Å². The van der Waals surface area contributed by atoms with E-state index in [1.54, 1.807) is 4.90 Å². The lowest BCUT2D eigenvalue weighted by atomic mass is 9.92. The van der Waals surface area contributed by atoms with Gasteiger partial charge in [0.25, 0.3) is 5.89 Å². The number of urea groups is 1. The molecule has 1 aromatic heterocycles. The molecule has 1 N–H and O–H groups in total. The van der Waals surface area contributed by atoms with Crippen LogP contribution in [0.2, 0.25) is 0 Å². The molecule has 0 saturated carbocycles. The molecule has 2 aliphatic heterocycles. The van der Waals surface area contributed by atoms with Crippen molar-refractivity contribution in [2.75, 3.05) is 13.2 Å². The van der Waals surface area contributed by atoms with E-state index in [-0.39, 0.29) is 18.2 Å². The highest BCUT2D eigenvalue weighted by Crippen LogP contribution is 2.38. The highest BCUT2D eigenvalue weighted by molar-refractivity contribution is 5.87. The molecule has 2 unspecified atom stereocenters. The van der Waals surface area contributed by atoms with Gasteiger partial charge in [-0.2, -0.15) is 4.98 Å². The first-order chi connectivity index (χ1) is 16.0. The third-order valence-corrected chi connectivity index (χ3v) is 6.56. The predicted octanol–water partition coefficient (Wildman–Crippen LogP) is 5.03. The van der Waals surface area contributed by atoms with Crippen LogP contribution in [0, 0.1) is 13.8 Å². The Balaban J connectivity index is 1.59. The molecule has 3 heterocycles. The number of aryl methyl sites for hydroxylation is 2. The van der Waals surface area contributed by atoms with Gasteiger partial charge in [-0.3, -0.25) is 4.90 Å². The van der Waals surface area contributed by atoms with Gasteiger partial charge in [-0.05, 0) is 50.3 Å². The van der Waals surface area contributed by atoms with Crippen molar-refractivity contribution in [2.24, 2.45) is 0 Å². The van der Waals surface area contributed by atoms with E-state index in [0.717, 1.165) is 47.4 Å². The molecule has 2 amide bonds. The fourth-order valence-corrected chi connectivity index (χ4v) is 4.50. The van der Waals surface area contributed by atoms with Crippen LogP contribution in [0.1, 0.15) is 48.4 Å². The number of hydrogen-bond acceptors (Lipinski definition) is 5. The number of carbonyl (C=O) groups is 1. The average molecular weight is 445 g/mol. The standard InChI is InChI=1S/C26H28N4O3/c1-16-11-12-20(14-17(16)2)23-22(25-28-24(29-33-25)19-8-5-4-6-9-19)18(3)30(26(31)27-23)15-21-10-7-13-32-21/h4-6,8-9,11-12,14,21,23H,7,10,13,15H2,1-3H3,(H,27,31). The molecule has 5 rings (SSSR count). The summed E-state index contributed by atoms with van der Waals surface area (Å²) >= 11 is 0. The molecule has 1 saturated heterocycles. The van der Waals surface area contributed by atoms with Gasteiger partial charge in [0, 0.05) is 17.9 Å². The second kappa shape index (κ2) is 8.83. The zero-order valence-corrected chi connectivity index (χ0v) is 19.2. The monoisotopic (exact) mass is 444 g/mol. The van der Waals surface area contributed by atoms with Crippen molar-refractivity contribution in [3.8, 4) is 11.4 Å². The molecule has 0 aliphatic carbocycles. The van der Waals surface area contributed by atoms with Crippen molar-refractivity contribution in [1.29, 1.82) is 0 Å². The van der Waals surface area contributed by atoms with E-state index in [1.165, 1.54) is 5.56 Å². The molecule has 2 aliphatic rings. The number of hydrogen-bond donors (Lipinski definition) is 1. The van der Waals surface area contributed by atoms with E-state index in [4.69, 9.17) is 14.2 Å². The van der Waals surface area contributed by atoms with Crippen LogP contribution < -0.4 is 5.32 Å². The molecule has 7 heteroatoms. The average Bonchev–Trinajstić information content (AvgIpc) is 3.51. The number of nitrogens with zero attached hydrogens (tertiary/aromatic N) is 3. The summed E-state index contributed by atoms with van der Waals surface area (Å²) in [6.07, 6.45) is 2.00. The van der Waals surface area contributed by atoms with Crippen molar-refractivity contribution in [3.05, 3.63) is 76.8 Å². The lowest BCUT2D eigenvalue weighted by Crippen LogP contribution is -2.48. The number of nitrogens with one attached hydrogen (secondary N) is 1. The quantitative estimate of drug-likeness (QED) is 0.597. The maximum atomic E-state index is 13.2. The van der Waals surface area contributed by atoms with Gasteiger partial charge in [0.05, 0.1) is 24.3 Å². The zero-order valence-electron chi connectivity index (χ0n) is 19.2.